The number of carbonyl (C=O) groups excluding carboxylic acids is 2. The Labute approximate surface area is 185 Å². The number of nitrogens with zero attached hydrogens (tertiary/aromatic N) is 2. The van der Waals surface area contributed by atoms with Crippen molar-refractivity contribution < 1.29 is 22.7 Å². The maximum atomic E-state index is 12.8. The lowest BCUT2D eigenvalue weighted by molar-refractivity contribution is -0.144. The summed E-state index contributed by atoms with van der Waals surface area (Å²) in [7, 11) is -2.21. The normalized spacial score (nSPS) is 22.9. The lowest BCUT2D eigenvalue weighted by atomic mass is 10.1. The molecule has 0 aliphatic carbocycles. The highest BCUT2D eigenvalue weighted by molar-refractivity contribution is 7.92. The quantitative estimate of drug-likeness (QED) is 0.619. The zero-order chi connectivity index (χ0) is 21.7. The Kier molecular flexibility index (Phi) is 7.92. The van der Waals surface area contributed by atoms with Gasteiger partial charge in [0.1, 0.15) is 6.04 Å². The van der Waals surface area contributed by atoms with Gasteiger partial charge in [0.05, 0.1) is 23.5 Å². The van der Waals surface area contributed by atoms with E-state index >= 15 is 0 Å². The van der Waals surface area contributed by atoms with E-state index in [1.807, 2.05) is 0 Å². The molecule has 1 aromatic rings. The van der Waals surface area contributed by atoms with Gasteiger partial charge in [0.2, 0.25) is 21.8 Å². The Morgan fingerprint density at radius 1 is 1.33 bits per heavy atom. The number of ether oxygens (including phenoxy) is 1. The molecule has 2 aliphatic rings. The predicted molar refractivity (Wildman–Crippen MR) is 117 cm³/mol. The van der Waals surface area contributed by atoms with Gasteiger partial charge in [-0.1, -0.05) is 11.6 Å². The topological polar surface area (TPSA) is 96.0 Å². The van der Waals surface area contributed by atoms with E-state index < -0.39 is 16.1 Å². The van der Waals surface area contributed by atoms with Crippen LogP contribution in [-0.4, -0.2) is 75.5 Å². The van der Waals surface area contributed by atoms with Crippen LogP contribution in [-0.2, 0) is 24.3 Å². The first-order valence-corrected chi connectivity index (χ1v) is 12.6. The van der Waals surface area contributed by atoms with Crippen LogP contribution >= 0.6 is 22.9 Å². The fourth-order valence-electron chi connectivity index (χ4n) is 3.80. The van der Waals surface area contributed by atoms with Crippen LogP contribution in [0.4, 0.5) is 0 Å². The second-order valence-corrected chi connectivity index (χ2v) is 10.7. The molecule has 30 heavy (non-hydrogen) atoms. The molecule has 3 heterocycles. The van der Waals surface area contributed by atoms with Gasteiger partial charge in [0, 0.05) is 30.5 Å². The zero-order valence-electron chi connectivity index (χ0n) is 16.8. The molecule has 0 spiro atoms. The van der Waals surface area contributed by atoms with E-state index in [1.54, 1.807) is 24.1 Å². The van der Waals surface area contributed by atoms with E-state index in [0.29, 0.717) is 41.8 Å². The molecule has 2 saturated heterocycles. The number of carbonyl (C=O) groups is 2. The molecule has 1 aromatic heterocycles. The van der Waals surface area contributed by atoms with Gasteiger partial charge in [-0.05, 0) is 43.9 Å². The average molecular weight is 476 g/mol. The summed E-state index contributed by atoms with van der Waals surface area (Å²) in [6, 6.07) is 2.56. The largest absolute Gasteiger partial charge is 0.383 e. The summed E-state index contributed by atoms with van der Waals surface area (Å²) < 4.78 is 33.0. The predicted octanol–water partition coefficient (Wildman–Crippen LogP) is 1.92. The van der Waals surface area contributed by atoms with Crippen molar-refractivity contribution in [3.8, 4) is 0 Å². The maximum Gasteiger partial charge on any atom is 0.242 e. The molecule has 0 bridgehead atoms. The minimum absolute atomic E-state index is 0.0348. The van der Waals surface area contributed by atoms with Gasteiger partial charge in [-0.2, -0.15) is 4.72 Å². The van der Waals surface area contributed by atoms with Gasteiger partial charge in [-0.15, -0.1) is 11.3 Å². The van der Waals surface area contributed by atoms with E-state index in [2.05, 4.69) is 4.72 Å². The second-order valence-electron chi connectivity index (χ2n) is 7.40. The number of methoxy groups -OCH3 is 1. The van der Waals surface area contributed by atoms with Gasteiger partial charge >= 0.3 is 0 Å². The highest BCUT2D eigenvalue weighted by Crippen LogP contribution is 2.23. The van der Waals surface area contributed by atoms with Gasteiger partial charge in [0.15, 0.2) is 0 Å². The average Bonchev–Trinajstić information content (AvgIpc) is 3.32. The van der Waals surface area contributed by atoms with Gasteiger partial charge in [-0.3, -0.25) is 9.59 Å². The molecule has 8 nitrogen and oxygen atoms in total. The number of likely N-dealkylation sites (tertiary alicyclic amines) is 2. The minimum Gasteiger partial charge on any atom is -0.383 e. The Bertz CT molecular complexity index is 902. The van der Waals surface area contributed by atoms with Gasteiger partial charge in [-0.25, -0.2) is 8.42 Å². The van der Waals surface area contributed by atoms with Gasteiger partial charge < -0.3 is 14.5 Å². The van der Waals surface area contributed by atoms with Crippen LogP contribution in [0.1, 0.15) is 30.6 Å². The molecule has 11 heteroatoms. The lowest BCUT2D eigenvalue weighted by Crippen LogP contribution is -2.54. The van der Waals surface area contributed by atoms with E-state index in [-0.39, 0.29) is 24.4 Å². The van der Waals surface area contributed by atoms with E-state index in [0.717, 1.165) is 18.2 Å². The lowest BCUT2D eigenvalue weighted by Gasteiger charge is -2.34. The van der Waals surface area contributed by atoms with Crippen LogP contribution in [0.15, 0.2) is 17.5 Å². The van der Waals surface area contributed by atoms with Crippen molar-refractivity contribution in [1.29, 1.82) is 0 Å². The third-order valence-corrected chi connectivity index (χ3v) is 7.53. The number of sulfonamides is 1. The number of halogens is 1. The van der Waals surface area contributed by atoms with Crippen molar-refractivity contribution in [3.63, 3.8) is 0 Å². The van der Waals surface area contributed by atoms with Crippen molar-refractivity contribution in [2.45, 2.75) is 37.8 Å². The van der Waals surface area contributed by atoms with Crippen LogP contribution in [0.25, 0.3) is 6.08 Å². The van der Waals surface area contributed by atoms with E-state index in [9.17, 15) is 18.0 Å². The summed E-state index contributed by atoms with van der Waals surface area (Å²) in [5.74, 6) is -0.492. The SMILES string of the molecule is COC[C@@H]1CCCN1C(=O)CN1CCC[C@H](NS(=O)(=O)C=Cc2ccc(Cl)s2)C1=O. The Morgan fingerprint density at radius 3 is 2.80 bits per heavy atom. The molecule has 0 aromatic carbocycles. The second kappa shape index (κ2) is 10.2. The minimum atomic E-state index is -3.81. The molecule has 2 fully saturated rings. The molecule has 1 N–H and O–H groups in total. The van der Waals surface area contributed by atoms with Crippen LogP contribution in [0, 0.1) is 0 Å². The fraction of sp³-hybridized carbons (Fsp3) is 0.579. The summed E-state index contributed by atoms with van der Waals surface area (Å²) in [5.41, 5.74) is 0. The molecule has 0 unspecified atom stereocenters. The van der Waals surface area contributed by atoms with Crippen LogP contribution in [0.3, 0.4) is 0 Å². The molecule has 2 amide bonds. The highest BCUT2D eigenvalue weighted by atomic mass is 35.5. The van der Waals surface area contributed by atoms with Crippen molar-refractivity contribution in [1.82, 2.24) is 14.5 Å². The standard InChI is InChI=1S/C19H26ClN3O5S2/c1-28-13-14-4-2-10-23(14)18(24)12-22-9-3-5-16(19(22)25)21-30(26,27)11-8-15-6-7-17(20)29-15/h6-8,11,14,16,21H,2-5,9-10,12-13H2,1H3/t14-,16-/m0/s1. The third kappa shape index (κ3) is 6.04. The summed E-state index contributed by atoms with van der Waals surface area (Å²) >= 11 is 7.11. The van der Waals surface area contributed by atoms with Crippen LogP contribution < -0.4 is 4.72 Å². The number of hydrogen-bond acceptors (Lipinski definition) is 6. The number of hydrogen-bond donors (Lipinski definition) is 1. The van der Waals surface area contributed by atoms with Crippen molar-refractivity contribution >= 4 is 50.9 Å². The Hall–Kier alpha value is -1.46. The number of rotatable bonds is 8. The molecule has 3 rings (SSSR count). The monoisotopic (exact) mass is 475 g/mol. The summed E-state index contributed by atoms with van der Waals surface area (Å²) in [5, 5.41) is 1.03. The molecule has 2 atom stereocenters. The molecular weight excluding hydrogens is 450 g/mol. The van der Waals surface area contributed by atoms with E-state index in [1.165, 1.54) is 22.3 Å². The first kappa shape index (κ1) is 23.2. The van der Waals surface area contributed by atoms with Gasteiger partial charge in [0.25, 0.3) is 0 Å². The number of thiophene rings is 1. The third-order valence-electron chi connectivity index (χ3n) is 5.23. The van der Waals surface area contributed by atoms with Crippen molar-refractivity contribution in [3.05, 3.63) is 26.8 Å². The summed E-state index contributed by atoms with van der Waals surface area (Å²) in [6.45, 7) is 1.53. The first-order valence-electron chi connectivity index (χ1n) is 9.82. The molecule has 0 saturated carbocycles. The smallest absolute Gasteiger partial charge is 0.242 e. The van der Waals surface area contributed by atoms with Crippen LogP contribution in [0.5, 0.6) is 0 Å². The molecule has 2 aliphatic heterocycles. The molecule has 0 radical (unpaired) electrons. The first-order chi connectivity index (χ1) is 14.3. The maximum absolute atomic E-state index is 12.8. The fourth-order valence-corrected chi connectivity index (χ4v) is 5.87. The molecule has 166 valence electrons. The number of piperidine rings is 1. The Balaban J connectivity index is 1.59. The van der Waals surface area contributed by atoms with Crippen LogP contribution in [0.2, 0.25) is 4.34 Å². The Morgan fingerprint density at radius 2 is 2.10 bits per heavy atom. The van der Waals surface area contributed by atoms with E-state index in [4.69, 9.17) is 16.3 Å². The van der Waals surface area contributed by atoms with Crippen molar-refractivity contribution in [2.75, 3.05) is 33.4 Å². The van der Waals surface area contributed by atoms with Crippen molar-refractivity contribution in [2.24, 2.45) is 0 Å². The highest BCUT2D eigenvalue weighted by Gasteiger charge is 2.35. The molecular formula is C19H26ClN3O5S2. The summed E-state index contributed by atoms with van der Waals surface area (Å²) in [6.07, 6.45) is 4.27. The number of amides is 2. The zero-order valence-corrected chi connectivity index (χ0v) is 19.1. The summed E-state index contributed by atoms with van der Waals surface area (Å²) in [4.78, 5) is 29.4. The number of nitrogens with one attached hydrogen (secondary N) is 1.